The van der Waals surface area contributed by atoms with Crippen molar-refractivity contribution in [3.05, 3.63) is 0 Å². The molecule has 1 atom stereocenters. The first-order valence-electron chi connectivity index (χ1n) is 8.48. The van der Waals surface area contributed by atoms with E-state index in [4.69, 9.17) is 4.99 Å². The third-order valence-corrected chi connectivity index (χ3v) is 5.80. The normalized spacial score (nSPS) is 24.5. The molecule has 4 nitrogen and oxygen atoms in total. The zero-order chi connectivity index (χ0) is 15.8. The van der Waals surface area contributed by atoms with E-state index in [1.807, 2.05) is 0 Å². The smallest absolute Gasteiger partial charge is 0.194 e. The summed E-state index contributed by atoms with van der Waals surface area (Å²) < 4.78 is 0. The number of nitrogens with zero attached hydrogens (tertiary/aromatic N) is 3. The summed E-state index contributed by atoms with van der Waals surface area (Å²) in [5, 5.41) is 3.47. The number of hydrogen-bond donors (Lipinski definition) is 1. The molecule has 2 rings (SSSR count). The molecule has 1 unspecified atom stereocenters. The van der Waals surface area contributed by atoms with Crippen LogP contribution >= 0.6 is 24.0 Å². The number of halogens is 1. The number of aliphatic imine (C=N–C) groups is 1. The molecule has 130 valence electrons. The van der Waals surface area contributed by atoms with Crippen molar-refractivity contribution in [2.75, 3.05) is 26.7 Å². The third kappa shape index (κ3) is 3.89. The van der Waals surface area contributed by atoms with Crippen molar-refractivity contribution in [2.24, 2.45) is 10.4 Å². The first-order valence-corrected chi connectivity index (χ1v) is 8.48. The van der Waals surface area contributed by atoms with Gasteiger partial charge in [0.1, 0.15) is 0 Å². The number of rotatable bonds is 5. The molecule has 0 aromatic heterocycles. The van der Waals surface area contributed by atoms with E-state index in [1.165, 1.54) is 12.8 Å². The predicted molar refractivity (Wildman–Crippen MR) is 106 cm³/mol. The van der Waals surface area contributed by atoms with Crippen LogP contribution in [0, 0.1) is 5.41 Å². The molecule has 2 aliphatic rings. The molecule has 1 saturated carbocycles. The molecule has 1 saturated heterocycles. The van der Waals surface area contributed by atoms with Gasteiger partial charge in [-0.05, 0) is 47.6 Å². The fourth-order valence-electron chi connectivity index (χ4n) is 2.98. The minimum atomic E-state index is 0. The fraction of sp³-hybridized carbons (Fsp3) is 0.941. The van der Waals surface area contributed by atoms with Gasteiger partial charge in [-0.3, -0.25) is 9.89 Å². The topological polar surface area (TPSA) is 30.9 Å². The minimum absolute atomic E-state index is 0. The summed E-state index contributed by atoms with van der Waals surface area (Å²) in [6, 6.07) is 1.32. The molecule has 1 aliphatic carbocycles. The van der Waals surface area contributed by atoms with Crippen LogP contribution in [0.15, 0.2) is 4.99 Å². The fourth-order valence-corrected chi connectivity index (χ4v) is 2.98. The second-order valence-corrected chi connectivity index (χ2v) is 7.97. The van der Waals surface area contributed by atoms with Crippen LogP contribution in [0.1, 0.15) is 54.4 Å². The van der Waals surface area contributed by atoms with Gasteiger partial charge in [0.2, 0.25) is 0 Å². The van der Waals surface area contributed by atoms with Crippen molar-refractivity contribution in [2.45, 2.75) is 72.0 Å². The van der Waals surface area contributed by atoms with Gasteiger partial charge in [-0.25, -0.2) is 0 Å². The lowest BCUT2D eigenvalue weighted by atomic mass is 9.65. The van der Waals surface area contributed by atoms with Gasteiger partial charge in [-0.1, -0.05) is 13.8 Å². The molecule has 0 aromatic rings. The molecule has 1 aliphatic heterocycles. The van der Waals surface area contributed by atoms with Crippen molar-refractivity contribution in [3.63, 3.8) is 0 Å². The lowest BCUT2D eigenvalue weighted by molar-refractivity contribution is -0.0668. The quantitative estimate of drug-likeness (QED) is 0.420. The van der Waals surface area contributed by atoms with Crippen molar-refractivity contribution in [1.82, 2.24) is 15.1 Å². The average Bonchev–Trinajstić information content (AvgIpc) is 3.24. The molecule has 2 fully saturated rings. The molecule has 0 aromatic carbocycles. The van der Waals surface area contributed by atoms with Crippen LogP contribution in [0.25, 0.3) is 0 Å². The van der Waals surface area contributed by atoms with E-state index < -0.39 is 0 Å². The third-order valence-electron chi connectivity index (χ3n) is 5.80. The number of likely N-dealkylation sites (N-methyl/N-ethyl adjacent to an activating group) is 1. The largest absolute Gasteiger partial charge is 0.356 e. The Labute approximate surface area is 154 Å². The van der Waals surface area contributed by atoms with E-state index in [0.717, 1.165) is 31.6 Å². The van der Waals surface area contributed by atoms with Crippen LogP contribution in [-0.2, 0) is 0 Å². The SMILES string of the molecule is CCNC(=NCC(C)N(C)C1CC1)N1CC(C)(C)C1(C)C.I. The van der Waals surface area contributed by atoms with Gasteiger partial charge in [-0.2, -0.15) is 0 Å². The van der Waals surface area contributed by atoms with Gasteiger partial charge in [0.15, 0.2) is 5.96 Å². The van der Waals surface area contributed by atoms with Gasteiger partial charge in [0.05, 0.1) is 6.54 Å². The van der Waals surface area contributed by atoms with Crippen LogP contribution in [0.5, 0.6) is 0 Å². The van der Waals surface area contributed by atoms with Crippen LogP contribution < -0.4 is 5.32 Å². The number of guanidine groups is 1. The monoisotopic (exact) mass is 422 g/mol. The predicted octanol–water partition coefficient (Wildman–Crippen LogP) is 3.17. The van der Waals surface area contributed by atoms with Gasteiger partial charge in [0, 0.05) is 36.1 Å². The number of hydrogen-bond acceptors (Lipinski definition) is 2. The highest BCUT2D eigenvalue weighted by molar-refractivity contribution is 14.0. The Hall–Kier alpha value is -0.0400. The Morgan fingerprint density at radius 3 is 2.32 bits per heavy atom. The molecular formula is C17H35IN4. The first kappa shape index (κ1) is 20.0. The van der Waals surface area contributed by atoms with Crippen LogP contribution in [0.4, 0.5) is 0 Å². The van der Waals surface area contributed by atoms with E-state index >= 15 is 0 Å². The second kappa shape index (κ2) is 7.24. The van der Waals surface area contributed by atoms with E-state index in [9.17, 15) is 0 Å². The summed E-state index contributed by atoms with van der Waals surface area (Å²) in [4.78, 5) is 9.83. The zero-order valence-electron chi connectivity index (χ0n) is 15.4. The van der Waals surface area contributed by atoms with Gasteiger partial charge >= 0.3 is 0 Å². The molecule has 0 amide bonds. The van der Waals surface area contributed by atoms with Crippen molar-refractivity contribution < 1.29 is 0 Å². The molecule has 0 spiro atoms. The summed E-state index contributed by atoms with van der Waals surface area (Å²) in [6.45, 7) is 16.7. The van der Waals surface area contributed by atoms with E-state index in [2.05, 4.69) is 63.7 Å². The Kier molecular flexibility index (Phi) is 6.58. The average molecular weight is 422 g/mol. The molecule has 0 radical (unpaired) electrons. The Balaban J connectivity index is 0.00000242. The second-order valence-electron chi connectivity index (χ2n) is 7.97. The van der Waals surface area contributed by atoms with Crippen LogP contribution in [-0.4, -0.2) is 60.1 Å². The molecule has 22 heavy (non-hydrogen) atoms. The van der Waals surface area contributed by atoms with Gasteiger partial charge in [0.25, 0.3) is 0 Å². The van der Waals surface area contributed by atoms with E-state index in [1.54, 1.807) is 0 Å². The lowest BCUT2D eigenvalue weighted by Gasteiger charge is -2.62. The Morgan fingerprint density at radius 1 is 1.32 bits per heavy atom. The summed E-state index contributed by atoms with van der Waals surface area (Å²) in [7, 11) is 2.24. The standard InChI is InChI=1S/C17H34N4.HI/c1-8-18-15(21-12-16(3,4)17(21,5)6)19-11-13(2)20(7)14-9-10-14;/h13-14H,8-12H2,1-7H3,(H,18,19);1H. The Bertz CT molecular complexity index is 401. The highest BCUT2D eigenvalue weighted by atomic mass is 127. The maximum absolute atomic E-state index is 4.92. The highest BCUT2D eigenvalue weighted by Crippen LogP contribution is 2.46. The first-order chi connectivity index (χ1) is 9.70. The van der Waals surface area contributed by atoms with E-state index in [-0.39, 0.29) is 29.5 Å². The minimum Gasteiger partial charge on any atom is -0.356 e. The maximum Gasteiger partial charge on any atom is 0.194 e. The zero-order valence-corrected chi connectivity index (χ0v) is 17.8. The number of nitrogens with one attached hydrogen (secondary N) is 1. The Morgan fingerprint density at radius 2 is 1.91 bits per heavy atom. The van der Waals surface area contributed by atoms with Gasteiger partial charge < -0.3 is 10.2 Å². The molecule has 5 heteroatoms. The molecule has 1 heterocycles. The van der Waals surface area contributed by atoms with Crippen molar-refractivity contribution in [3.8, 4) is 0 Å². The number of likely N-dealkylation sites (tertiary alicyclic amines) is 1. The molecule has 1 N–H and O–H groups in total. The van der Waals surface area contributed by atoms with E-state index in [0.29, 0.717) is 11.5 Å². The lowest BCUT2D eigenvalue weighted by Crippen LogP contribution is -2.72. The summed E-state index contributed by atoms with van der Waals surface area (Å²) in [5.41, 5.74) is 0.513. The van der Waals surface area contributed by atoms with Crippen LogP contribution in [0.3, 0.4) is 0 Å². The maximum atomic E-state index is 4.92. The summed E-state index contributed by atoms with van der Waals surface area (Å²) in [6.07, 6.45) is 2.72. The van der Waals surface area contributed by atoms with Crippen molar-refractivity contribution in [1.29, 1.82) is 0 Å². The summed E-state index contributed by atoms with van der Waals surface area (Å²) >= 11 is 0. The van der Waals surface area contributed by atoms with Gasteiger partial charge in [-0.15, -0.1) is 24.0 Å². The molecule has 0 bridgehead atoms. The highest BCUT2D eigenvalue weighted by Gasteiger charge is 2.53. The molecular weight excluding hydrogens is 387 g/mol. The summed E-state index contributed by atoms with van der Waals surface area (Å²) in [5.74, 6) is 1.08. The van der Waals surface area contributed by atoms with Crippen molar-refractivity contribution >= 4 is 29.9 Å². The van der Waals surface area contributed by atoms with Crippen LogP contribution in [0.2, 0.25) is 0 Å².